The van der Waals surface area contributed by atoms with Crippen molar-refractivity contribution in [2.75, 3.05) is 6.61 Å². The van der Waals surface area contributed by atoms with Gasteiger partial charge in [0.15, 0.2) is 0 Å². The molecule has 122 valence electrons. The molecule has 0 amide bonds. The molecular weight excluding hydrogens is 295 g/mol. The smallest absolute Gasteiger partial charge is 0.339 e. The van der Waals surface area contributed by atoms with Gasteiger partial charge in [-0.15, -0.1) is 0 Å². The fraction of sp³-hybridized carbons (Fsp3) is 0.316. The van der Waals surface area contributed by atoms with Gasteiger partial charge in [0.25, 0.3) is 0 Å². The molecule has 1 N–H and O–H groups in total. The predicted octanol–water partition coefficient (Wildman–Crippen LogP) is 5.07. The van der Waals surface area contributed by atoms with Crippen molar-refractivity contribution in [3.8, 4) is 16.9 Å². The molecule has 0 radical (unpaired) electrons. The quantitative estimate of drug-likeness (QED) is 0.726. The Morgan fingerprint density at radius 2 is 2.00 bits per heavy atom. The molecule has 0 saturated heterocycles. The van der Waals surface area contributed by atoms with Crippen LogP contribution in [0.4, 0.5) is 4.39 Å². The molecule has 2 aromatic rings. The van der Waals surface area contributed by atoms with Gasteiger partial charge in [-0.2, -0.15) is 0 Å². The molecule has 0 bridgehead atoms. The lowest BCUT2D eigenvalue weighted by molar-refractivity contribution is 0.0692. The average molecular weight is 316 g/mol. The van der Waals surface area contributed by atoms with Gasteiger partial charge in [-0.3, -0.25) is 0 Å². The first-order valence-electron chi connectivity index (χ1n) is 7.80. The minimum Gasteiger partial charge on any atom is -0.492 e. The molecular formula is C19H21FO3. The average Bonchev–Trinajstić information content (AvgIpc) is 2.54. The van der Waals surface area contributed by atoms with Gasteiger partial charge in [0.1, 0.15) is 17.1 Å². The summed E-state index contributed by atoms with van der Waals surface area (Å²) in [6.45, 7) is 4.24. The van der Waals surface area contributed by atoms with Gasteiger partial charge < -0.3 is 9.84 Å². The van der Waals surface area contributed by atoms with E-state index >= 15 is 0 Å². The molecule has 2 aromatic carbocycles. The molecule has 0 aliphatic rings. The number of carbonyl (C=O) groups is 1. The first kappa shape index (κ1) is 17.0. The van der Waals surface area contributed by atoms with Crippen molar-refractivity contribution in [2.45, 2.75) is 33.1 Å². The molecule has 23 heavy (non-hydrogen) atoms. The Labute approximate surface area is 135 Å². The van der Waals surface area contributed by atoms with Gasteiger partial charge in [-0.05, 0) is 42.7 Å². The largest absolute Gasteiger partial charge is 0.492 e. The Balaban J connectivity index is 2.42. The molecule has 0 atom stereocenters. The van der Waals surface area contributed by atoms with E-state index in [0.29, 0.717) is 23.5 Å². The Bertz CT molecular complexity index is 695. The third kappa shape index (κ3) is 4.09. The fourth-order valence-corrected chi connectivity index (χ4v) is 2.43. The van der Waals surface area contributed by atoms with E-state index in [9.17, 15) is 14.3 Å². The van der Waals surface area contributed by atoms with Gasteiger partial charge in [0.05, 0.1) is 6.61 Å². The van der Waals surface area contributed by atoms with E-state index in [4.69, 9.17) is 4.74 Å². The van der Waals surface area contributed by atoms with E-state index < -0.39 is 5.97 Å². The topological polar surface area (TPSA) is 46.5 Å². The number of unbranched alkanes of at least 4 members (excludes halogenated alkanes) is 2. The van der Waals surface area contributed by atoms with E-state index in [1.54, 1.807) is 31.2 Å². The molecule has 3 nitrogen and oxygen atoms in total. The summed E-state index contributed by atoms with van der Waals surface area (Å²) < 4.78 is 19.3. The zero-order valence-electron chi connectivity index (χ0n) is 13.4. The van der Waals surface area contributed by atoms with Crippen molar-refractivity contribution < 1.29 is 19.0 Å². The summed E-state index contributed by atoms with van der Waals surface area (Å²) in [4.78, 5) is 11.5. The summed E-state index contributed by atoms with van der Waals surface area (Å²) in [5, 5.41) is 9.40. The summed E-state index contributed by atoms with van der Waals surface area (Å²) in [6.07, 6.45) is 2.96. The van der Waals surface area contributed by atoms with Crippen molar-refractivity contribution in [3.63, 3.8) is 0 Å². The maximum Gasteiger partial charge on any atom is 0.339 e. The van der Waals surface area contributed by atoms with Crippen LogP contribution in [0.3, 0.4) is 0 Å². The SMILES string of the molecule is CCCCCOc1c(C(=O)O)cccc1-c1ccc(F)c(C)c1. The second-order valence-electron chi connectivity index (χ2n) is 5.51. The Morgan fingerprint density at radius 3 is 2.65 bits per heavy atom. The highest BCUT2D eigenvalue weighted by Gasteiger charge is 2.17. The highest BCUT2D eigenvalue weighted by Crippen LogP contribution is 2.34. The Morgan fingerprint density at radius 1 is 1.22 bits per heavy atom. The molecule has 0 heterocycles. The molecule has 4 heteroatoms. The van der Waals surface area contributed by atoms with Gasteiger partial charge in [0.2, 0.25) is 0 Å². The minimum atomic E-state index is -1.03. The normalized spacial score (nSPS) is 10.6. The van der Waals surface area contributed by atoms with Crippen LogP contribution in [0, 0.1) is 12.7 Å². The van der Waals surface area contributed by atoms with E-state index in [2.05, 4.69) is 6.92 Å². The van der Waals surface area contributed by atoms with Gasteiger partial charge >= 0.3 is 5.97 Å². The number of para-hydroxylation sites is 1. The number of hydrogen-bond donors (Lipinski definition) is 1. The number of aryl methyl sites for hydroxylation is 1. The Hall–Kier alpha value is -2.36. The van der Waals surface area contributed by atoms with Crippen LogP contribution in [-0.2, 0) is 0 Å². The number of benzene rings is 2. The highest BCUT2D eigenvalue weighted by molar-refractivity contribution is 5.94. The third-order valence-electron chi connectivity index (χ3n) is 3.71. The second-order valence-corrected chi connectivity index (χ2v) is 5.51. The van der Waals surface area contributed by atoms with Crippen molar-refractivity contribution >= 4 is 5.97 Å². The lowest BCUT2D eigenvalue weighted by Gasteiger charge is -2.15. The molecule has 0 aliphatic carbocycles. The summed E-state index contributed by atoms with van der Waals surface area (Å²) in [6, 6.07) is 9.73. The zero-order chi connectivity index (χ0) is 16.8. The van der Waals surface area contributed by atoms with Crippen molar-refractivity contribution in [1.82, 2.24) is 0 Å². The number of hydrogen-bond acceptors (Lipinski definition) is 2. The van der Waals surface area contributed by atoms with E-state index in [0.717, 1.165) is 24.8 Å². The number of carboxylic acid groups (broad SMARTS) is 1. The number of aromatic carboxylic acids is 1. The molecule has 0 unspecified atom stereocenters. The lowest BCUT2D eigenvalue weighted by Crippen LogP contribution is -2.06. The first-order valence-corrected chi connectivity index (χ1v) is 7.80. The van der Waals surface area contributed by atoms with Crippen molar-refractivity contribution in [3.05, 3.63) is 53.3 Å². The van der Waals surface area contributed by atoms with Crippen LogP contribution in [0.15, 0.2) is 36.4 Å². The van der Waals surface area contributed by atoms with E-state index in [1.165, 1.54) is 12.1 Å². The Kier molecular flexibility index (Phi) is 5.74. The summed E-state index contributed by atoms with van der Waals surface area (Å²) in [5.41, 5.74) is 2.06. The summed E-state index contributed by atoms with van der Waals surface area (Å²) in [5.74, 6) is -0.966. The standard InChI is InChI=1S/C19H21FO3/c1-3-4-5-11-23-18-15(7-6-8-16(18)19(21)22)14-9-10-17(20)13(2)12-14/h6-10,12H,3-5,11H2,1-2H3,(H,21,22). The van der Waals surface area contributed by atoms with Crippen LogP contribution >= 0.6 is 0 Å². The van der Waals surface area contributed by atoms with E-state index in [1.807, 2.05) is 0 Å². The zero-order valence-corrected chi connectivity index (χ0v) is 13.4. The first-order chi connectivity index (χ1) is 11.0. The number of ether oxygens (including phenoxy) is 1. The molecule has 0 aliphatic heterocycles. The van der Waals surface area contributed by atoms with Crippen LogP contribution < -0.4 is 4.74 Å². The van der Waals surface area contributed by atoms with Crippen molar-refractivity contribution in [1.29, 1.82) is 0 Å². The van der Waals surface area contributed by atoms with Crippen LogP contribution in [0.5, 0.6) is 5.75 Å². The maximum absolute atomic E-state index is 13.5. The van der Waals surface area contributed by atoms with Gasteiger partial charge in [-0.25, -0.2) is 9.18 Å². The predicted molar refractivity (Wildman–Crippen MR) is 88.6 cm³/mol. The molecule has 0 aromatic heterocycles. The van der Waals surface area contributed by atoms with Gasteiger partial charge in [0, 0.05) is 5.56 Å². The van der Waals surface area contributed by atoms with Crippen LogP contribution in [0.25, 0.3) is 11.1 Å². The third-order valence-corrected chi connectivity index (χ3v) is 3.71. The maximum atomic E-state index is 13.5. The monoisotopic (exact) mass is 316 g/mol. The van der Waals surface area contributed by atoms with E-state index in [-0.39, 0.29) is 11.4 Å². The molecule has 2 rings (SSSR count). The lowest BCUT2D eigenvalue weighted by atomic mass is 9.99. The number of carboxylic acids is 1. The van der Waals surface area contributed by atoms with Crippen LogP contribution in [-0.4, -0.2) is 17.7 Å². The van der Waals surface area contributed by atoms with Crippen LogP contribution in [0.2, 0.25) is 0 Å². The second kappa shape index (κ2) is 7.77. The van der Waals surface area contributed by atoms with Gasteiger partial charge in [-0.1, -0.05) is 38.0 Å². The highest BCUT2D eigenvalue weighted by atomic mass is 19.1. The fourth-order valence-electron chi connectivity index (χ4n) is 2.43. The molecule has 0 fully saturated rings. The number of halogens is 1. The minimum absolute atomic E-state index is 0.126. The summed E-state index contributed by atoms with van der Waals surface area (Å²) in [7, 11) is 0. The van der Waals surface area contributed by atoms with Crippen molar-refractivity contribution in [2.24, 2.45) is 0 Å². The summed E-state index contributed by atoms with van der Waals surface area (Å²) >= 11 is 0. The molecule has 0 saturated carbocycles. The number of rotatable bonds is 7. The van der Waals surface area contributed by atoms with Crippen LogP contribution in [0.1, 0.15) is 42.1 Å². The molecule has 0 spiro atoms.